The second-order valence-electron chi connectivity index (χ2n) is 4.06. The second-order valence-corrected chi connectivity index (χ2v) is 5.29. The maximum absolute atomic E-state index is 8.63. The number of thioether (sulfide) groups is 1. The molecular weight excluding hydrogens is 194 g/mol. The van der Waals surface area contributed by atoms with E-state index in [1.54, 1.807) is 0 Å². The topological polar surface area (TPSA) is 32.3 Å². The normalized spacial score (nSPS) is 27.0. The fraction of sp³-hybridized carbons (Fsp3) is 1.00. The van der Waals surface area contributed by atoms with Crippen molar-refractivity contribution in [3.8, 4) is 0 Å². The summed E-state index contributed by atoms with van der Waals surface area (Å²) in [6, 6.07) is 0.772. The van der Waals surface area contributed by atoms with Crippen LogP contribution in [-0.2, 0) is 0 Å². The van der Waals surface area contributed by atoms with Crippen LogP contribution in [0, 0.1) is 5.92 Å². The van der Waals surface area contributed by atoms with Crippen LogP contribution in [0.4, 0.5) is 0 Å². The zero-order chi connectivity index (χ0) is 10.2. The van der Waals surface area contributed by atoms with Gasteiger partial charge in [0.25, 0.3) is 0 Å². The lowest BCUT2D eigenvalue weighted by atomic mass is 10.0. The van der Waals surface area contributed by atoms with Crippen LogP contribution in [0.15, 0.2) is 0 Å². The lowest BCUT2D eigenvalue weighted by Gasteiger charge is -2.18. The van der Waals surface area contributed by atoms with Gasteiger partial charge in [-0.15, -0.1) is 0 Å². The fourth-order valence-corrected chi connectivity index (χ4v) is 3.27. The van der Waals surface area contributed by atoms with Gasteiger partial charge in [0.1, 0.15) is 0 Å². The Labute approximate surface area is 91.9 Å². The van der Waals surface area contributed by atoms with Crippen molar-refractivity contribution in [3.05, 3.63) is 0 Å². The van der Waals surface area contributed by atoms with Gasteiger partial charge in [-0.05, 0) is 50.2 Å². The molecule has 0 aromatic rings. The van der Waals surface area contributed by atoms with Crippen LogP contribution >= 0.6 is 11.8 Å². The minimum absolute atomic E-state index is 0.343. The van der Waals surface area contributed by atoms with E-state index < -0.39 is 0 Å². The second kappa shape index (κ2) is 7.55. The van der Waals surface area contributed by atoms with Crippen molar-refractivity contribution >= 4 is 11.8 Å². The van der Waals surface area contributed by atoms with E-state index in [-0.39, 0.29) is 0 Å². The summed E-state index contributed by atoms with van der Waals surface area (Å²) in [6.07, 6.45) is 6.47. The molecule has 3 heteroatoms. The molecule has 2 atom stereocenters. The first kappa shape index (κ1) is 12.3. The minimum atomic E-state index is 0.343. The summed E-state index contributed by atoms with van der Waals surface area (Å²) < 4.78 is 0. The molecule has 0 bridgehead atoms. The first-order valence-electron chi connectivity index (χ1n) is 5.74. The molecule has 0 aliphatic heterocycles. The number of hydrogen-bond donors (Lipinski definition) is 2. The molecule has 0 heterocycles. The maximum atomic E-state index is 8.63. The largest absolute Gasteiger partial charge is 0.396 e. The molecule has 84 valence electrons. The van der Waals surface area contributed by atoms with Crippen LogP contribution in [0.2, 0.25) is 0 Å². The highest BCUT2D eigenvalue weighted by molar-refractivity contribution is 7.99. The molecule has 2 N–H and O–H groups in total. The Morgan fingerprint density at radius 1 is 1.36 bits per heavy atom. The van der Waals surface area contributed by atoms with Gasteiger partial charge in [-0.1, -0.05) is 6.42 Å². The highest BCUT2D eigenvalue weighted by atomic mass is 32.2. The smallest absolute Gasteiger partial charge is 0.0438 e. The van der Waals surface area contributed by atoms with E-state index in [0.29, 0.717) is 6.61 Å². The van der Waals surface area contributed by atoms with E-state index >= 15 is 0 Å². The number of aliphatic hydroxyl groups excluding tert-OH is 1. The van der Waals surface area contributed by atoms with Crippen molar-refractivity contribution in [1.82, 2.24) is 5.32 Å². The van der Waals surface area contributed by atoms with Crippen molar-refractivity contribution in [1.29, 1.82) is 0 Å². The van der Waals surface area contributed by atoms with Gasteiger partial charge in [-0.2, -0.15) is 11.8 Å². The number of hydrogen-bond acceptors (Lipinski definition) is 3. The molecule has 1 aliphatic rings. The first-order chi connectivity index (χ1) is 6.88. The predicted molar refractivity (Wildman–Crippen MR) is 63.8 cm³/mol. The zero-order valence-corrected chi connectivity index (χ0v) is 9.98. The Kier molecular flexibility index (Phi) is 6.65. The molecular formula is C11H23NOS. The molecule has 0 saturated heterocycles. The molecule has 1 fully saturated rings. The van der Waals surface area contributed by atoms with Crippen LogP contribution in [0.5, 0.6) is 0 Å². The highest BCUT2D eigenvalue weighted by Crippen LogP contribution is 2.29. The van der Waals surface area contributed by atoms with Crippen molar-refractivity contribution in [2.24, 2.45) is 5.92 Å². The summed E-state index contributed by atoms with van der Waals surface area (Å²) in [4.78, 5) is 0. The van der Waals surface area contributed by atoms with Gasteiger partial charge in [0, 0.05) is 12.6 Å². The summed E-state index contributed by atoms with van der Waals surface area (Å²) >= 11 is 1.99. The van der Waals surface area contributed by atoms with E-state index in [1.165, 1.54) is 31.4 Å². The SMILES string of the molecule is CNC1CCCC1CCSCCCO. The molecule has 2 unspecified atom stereocenters. The average molecular weight is 217 g/mol. The van der Waals surface area contributed by atoms with Gasteiger partial charge in [0.2, 0.25) is 0 Å². The zero-order valence-electron chi connectivity index (χ0n) is 9.17. The molecule has 1 rings (SSSR count). The van der Waals surface area contributed by atoms with Gasteiger partial charge in [-0.3, -0.25) is 0 Å². The minimum Gasteiger partial charge on any atom is -0.396 e. The molecule has 2 nitrogen and oxygen atoms in total. The Morgan fingerprint density at radius 3 is 2.93 bits per heavy atom. The van der Waals surface area contributed by atoms with Crippen molar-refractivity contribution in [3.63, 3.8) is 0 Å². The lowest BCUT2D eigenvalue weighted by molar-refractivity contribution is 0.296. The van der Waals surface area contributed by atoms with Crippen LogP contribution in [-0.4, -0.2) is 36.3 Å². The van der Waals surface area contributed by atoms with Crippen LogP contribution in [0.1, 0.15) is 32.1 Å². The standard InChI is InChI=1S/C11H23NOS/c1-12-11-5-2-4-10(11)6-9-14-8-3-7-13/h10-13H,2-9H2,1H3. The van der Waals surface area contributed by atoms with Crippen LogP contribution in [0.25, 0.3) is 0 Å². The number of aliphatic hydroxyl groups is 1. The summed E-state index contributed by atoms with van der Waals surface area (Å²) in [7, 11) is 2.09. The third-order valence-electron chi connectivity index (χ3n) is 3.11. The third kappa shape index (κ3) is 4.20. The molecule has 1 aliphatic carbocycles. The fourth-order valence-electron chi connectivity index (χ4n) is 2.27. The Morgan fingerprint density at radius 2 is 2.21 bits per heavy atom. The van der Waals surface area contributed by atoms with Gasteiger partial charge in [0.05, 0.1) is 0 Å². The predicted octanol–water partition coefficient (Wildman–Crippen LogP) is 1.88. The van der Waals surface area contributed by atoms with E-state index in [4.69, 9.17) is 5.11 Å². The van der Waals surface area contributed by atoms with Gasteiger partial charge in [0.15, 0.2) is 0 Å². The van der Waals surface area contributed by atoms with Crippen molar-refractivity contribution < 1.29 is 5.11 Å². The van der Waals surface area contributed by atoms with E-state index in [0.717, 1.165) is 24.1 Å². The van der Waals surface area contributed by atoms with E-state index in [2.05, 4.69) is 12.4 Å². The van der Waals surface area contributed by atoms with E-state index in [9.17, 15) is 0 Å². The summed E-state index contributed by atoms with van der Waals surface area (Å²) in [6.45, 7) is 0.343. The third-order valence-corrected chi connectivity index (χ3v) is 4.21. The van der Waals surface area contributed by atoms with Crippen molar-refractivity contribution in [2.75, 3.05) is 25.2 Å². The molecule has 0 aromatic heterocycles. The average Bonchev–Trinajstić information content (AvgIpc) is 2.65. The first-order valence-corrected chi connectivity index (χ1v) is 6.90. The molecule has 0 radical (unpaired) electrons. The Balaban J connectivity index is 2.00. The molecule has 14 heavy (non-hydrogen) atoms. The molecule has 0 aromatic carbocycles. The van der Waals surface area contributed by atoms with Crippen molar-refractivity contribution in [2.45, 2.75) is 38.1 Å². The van der Waals surface area contributed by atoms with Gasteiger partial charge in [-0.25, -0.2) is 0 Å². The highest BCUT2D eigenvalue weighted by Gasteiger charge is 2.24. The number of rotatable bonds is 7. The lowest BCUT2D eigenvalue weighted by Crippen LogP contribution is -2.29. The van der Waals surface area contributed by atoms with Gasteiger partial charge < -0.3 is 10.4 Å². The molecule has 0 amide bonds. The van der Waals surface area contributed by atoms with Gasteiger partial charge >= 0.3 is 0 Å². The number of nitrogens with one attached hydrogen (secondary N) is 1. The maximum Gasteiger partial charge on any atom is 0.0438 e. The molecule has 0 spiro atoms. The Bertz CT molecular complexity index is 143. The quantitative estimate of drug-likeness (QED) is 0.639. The molecule has 1 saturated carbocycles. The summed E-state index contributed by atoms with van der Waals surface area (Å²) in [5.74, 6) is 3.29. The Hall–Kier alpha value is 0.270. The van der Waals surface area contributed by atoms with Crippen LogP contribution in [0.3, 0.4) is 0 Å². The monoisotopic (exact) mass is 217 g/mol. The summed E-state index contributed by atoms with van der Waals surface area (Å²) in [5.41, 5.74) is 0. The van der Waals surface area contributed by atoms with E-state index in [1.807, 2.05) is 11.8 Å². The van der Waals surface area contributed by atoms with Crippen LogP contribution < -0.4 is 5.32 Å². The summed E-state index contributed by atoms with van der Waals surface area (Å²) in [5, 5.41) is 12.1.